The average Bonchev–Trinajstić information content (AvgIpc) is 3.11. The first-order valence-electron chi connectivity index (χ1n) is 8.22. The van der Waals surface area contributed by atoms with Crippen LogP contribution in [-0.2, 0) is 0 Å². The predicted molar refractivity (Wildman–Crippen MR) is 94.3 cm³/mol. The quantitative estimate of drug-likeness (QED) is 0.761. The molecule has 0 spiro atoms. The summed E-state index contributed by atoms with van der Waals surface area (Å²) >= 11 is 1.63. The highest BCUT2D eigenvalue weighted by molar-refractivity contribution is 7.08. The van der Waals surface area contributed by atoms with E-state index in [1.807, 2.05) is 47.5 Å². The molecule has 8 heteroatoms. The SMILES string of the molecule is Cc1nc(-c2ccsc2)ccc1C(=O)N[C@@H](C)c1nnnn1C1CC1. The topological polar surface area (TPSA) is 85.6 Å². The summed E-state index contributed by atoms with van der Waals surface area (Å²) in [7, 11) is 0. The van der Waals surface area contributed by atoms with Crippen molar-refractivity contribution in [3.05, 3.63) is 46.0 Å². The molecule has 1 aliphatic rings. The number of tetrazole rings is 1. The van der Waals surface area contributed by atoms with Crippen molar-refractivity contribution in [1.29, 1.82) is 0 Å². The van der Waals surface area contributed by atoms with Crippen molar-refractivity contribution in [2.75, 3.05) is 0 Å². The Bertz CT molecular complexity index is 900. The molecule has 128 valence electrons. The fourth-order valence-electron chi connectivity index (χ4n) is 2.78. The summed E-state index contributed by atoms with van der Waals surface area (Å²) in [6, 6.07) is 5.83. The van der Waals surface area contributed by atoms with Crippen molar-refractivity contribution in [1.82, 2.24) is 30.5 Å². The molecule has 1 N–H and O–H groups in total. The normalized spacial score (nSPS) is 15.1. The first-order chi connectivity index (χ1) is 12.1. The summed E-state index contributed by atoms with van der Waals surface area (Å²) in [4.78, 5) is 17.2. The van der Waals surface area contributed by atoms with Crippen LogP contribution in [0, 0.1) is 6.92 Å². The maximum absolute atomic E-state index is 12.6. The van der Waals surface area contributed by atoms with Crippen molar-refractivity contribution < 1.29 is 4.79 Å². The molecule has 1 aliphatic carbocycles. The van der Waals surface area contributed by atoms with Crippen LogP contribution in [0.2, 0.25) is 0 Å². The van der Waals surface area contributed by atoms with Crippen LogP contribution in [0.3, 0.4) is 0 Å². The van der Waals surface area contributed by atoms with E-state index >= 15 is 0 Å². The number of carbonyl (C=O) groups is 1. The van der Waals surface area contributed by atoms with Gasteiger partial charge in [-0.05, 0) is 60.7 Å². The molecule has 0 aromatic carbocycles. The van der Waals surface area contributed by atoms with E-state index in [4.69, 9.17) is 0 Å². The highest BCUT2D eigenvalue weighted by Crippen LogP contribution is 2.35. The molecule has 0 saturated heterocycles. The van der Waals surface area contributed by atoms with Gasteiger partial charge in [0, 0.05) is 10.9 Å². The largest absolute Gasteiger partial charge is 0.342 e. The Morgan fingerprint density at radius 1 is 1.36 bits per heavy atom. The third-order valence-electron chi connectivity index (χ3n) is 4.29. The number of hydrogen-bond acceptors (Lipinski definition) is 6. The van der Waals surface area contributed by atoms with Gasteiger partial charge in [-0.2, -0.15) is 11.3 Å². The Hall–Kier alpha value is -2.61. The second kappa shape index (κ2) is 6.36. The van der Waals surface area contributed by atoms with Crippen molar-refractivity contribution in [3.63, 3.8) is 0 Å². The van der Waals surface area contributed by atoms with Gasteiger partial charge in [0.15, 0.2) is 5.82 Å². The maximum Gasteiger partial charge on any atom is 0.253 e. The molecule has 3 aromatic rings. The first-order valence-corrected chi connectivity index (χ1v) is 9.16. The van der Waals surface area contributed by atoms with E-state index in [0.29, 0.717) is 23.1 Å². The molecular formula is C17H18N6OS. The third-order valence-corrected chi connectivity index (χ3v) is 4.98. The lowest BCUT2D eigenvalue weighted by atomic mass is 10.1. The van der Waals surface area contributed by atoms with Gasteiger partial charge in [0.25, 0.3) is 5.91 Å². The van der Waals surface area contributed by atoms with Gasteiger partial charge in [0.1, 0.15) is 0 Å². The van der Waals surface area contributed by atoms with E-state index in [2.05, 4.69) is 25.8 Å². The molecule has 0 radical (unpaired) electrons. The lowest BCUT2D eigenvalue weighted by molar-refractivity contribution is 0.0936. The molecule has 4 rings (SSSR count). The van der Waals surface area contributed by atoms with E-state index in [1.54, 1.807) is 11.3 Å². The summed E-state index contributed by atoms with van der Waals surface area (Å²) in [5, 5.41) is 18.9. The van der Waals surface area contributed by atoms with Crippen LogP contribution in [0.1, 0.15) is 53.7 Å². The molecule has 7 nitrogen and oxygen atoms in total. The molecule has 0 bridgehead atoms. The Kier molecular flexibility index (Phi) is 4.04. The lowest BCUT2D eigenvalue weighted by Gasteiger charge is -2.14. The van der Waals surface area contributed by atoms with Crippen LogP contribution in [0.4, 0.5) is 0 Å². The van der Waals surface area contributed by atoms with Crippen LogP contribution in [0.15, 0.2) is 29.0 Å². The molecule has 1 atom stereocenters. The minimum atomic E-state index is -0.265. The summed E-state index contributed by atoms with van der Waals surface area (Å²) in [5.74, 6) is 0.524. The fraction of sp³-hybridized carbons (Fsp3) is 0.353. The van der Waals surface area contributed by atoms with Gasteiger partial charge in [0.05, 0.1) is 29.0 Å². The van der Waals surface area contributed by atoms with E-state index in [1.165, 1.54) is 0 Å². The van der Waals surface area contributed by atoms with Gasteiger partial charge in [-0.15, -0.1) is 5.10 Å². The molecule has 3 heterocycles. The first kappa shape index (κ1) is 15.9. The molecule has 1 fully saturated rings. The number of hydrogen-bond donors (Lipinski definition) is 1. The van der Waals surface area contributed by atoms with Gasteiger partial charge >= 0.3 is 0 Å². The Morgan fingerprint density at radius 3 is 2.88 bits per heavy atom. The van der Waals surface area contributed by atoms with Crippen molar-refractivity contribution in [3.8, 4) is 11.3 Å². The zero-order chi connectivity index (χ0) is 17.4. The molecule has 0 aliphatic heterocycles. The van der Waals surface area contributed by atoms with Gasteiger partial charge < -0.3 is 5.32 Å². The lowest BCUT2D eigenvalue weighted by Crippen LogP contribution is -2.29. The van der Waals surface area contributed by atoms with Gasteiger partial charge in [-0.1, -0.05) is 0 Å². The third kappa shape index (κ3) is 3.17. The Labute approximate surface area is 149 Å². The molecular weight excluding hydrogens is 336 g/mol. The number of aromatic nitrogens is 5. The number of amides is 1. The van der Waals surface area contributed by atoms with Gasteiger partial charge in [-0.25, -0.2) is 4.68 Å². The Balaban J connectivity index is 1.51. The maximum atomic E-state index is 12.6. The number of carbonyl (C=O) groups excluding carboxylic acids is 1. The van der Waals surface area contributed by atoms with Crippen molar-refractivity contribution >= 4 is 17.2 Å². The fourth-order valence-corrected chi connectivity index (χ4v) is 3.43. The monoisotopic (exact) mass is 354 g/mol. The van der Waals surface area contributed by atoms with E-state index in [9.17, 15) is 4.79 Å². The predicted octanol–water partition coefficient (Wildman–Crippen LogP) is 2.93. The van der Waals surface area contributed by atoms with Crippen LogP contribution in [0.5, 0.6) is 0 Å². The second-order valence-corrected chi connectivity index (χ2v) is 7.03. The summed E-state index contributed by atoms with van der Waals surface area (Å²) < 4.78 is 1.82. The number of nitrogens with zero attached hydrogens (tertiary/aromatic N) is 5. The van der Waals surface area contributed by atoms with Crippen LogP contribution in [0.25, 0.3) is 11.3 Å². The van der Waals surface area contributed by atoms with Crippen LogP contribution >= 0.6 is 11.3 Å². The van der Waals surface area contributed by atoms with Gasteiger partial charge in [-0.3, -0.25) is 9.78 Å². The highest BCUT2D eigenvalue weighted by Gasteiger charge is 2.30. The number of nitrogens with one attached hydrogen (secondary N) is 1. The van der Waals surface area contributed by atoms with E-state index in [-0.39, 0.29) is 11.9 Å². The second-order valence-electron chi connectivity index (χ2n) is 6.25. The van der Waals surface area contributed by atoms with Crippen molar-refractivity contribution in [2.24, 2.45) is 0 Å². The summed E-state index contributed by atoms with van der Waals surface area (Å²) in [5.41, 5.74) is 3.21. The number of rotatable bonds is 5. The zero-order valence-electron chi connectivity index (χ0n) is 14.0. The van der Waals surface area contributed by atoms with Crippen LogP contribution in [-0.4, -0.2) is 31.1 Å². The highest BCUT2D eigenvalue weighted by atomic mass is 32.1. The standard InChI is InChI=1S/C17H18N6OS/c1-10-14(5-6-15(18-10)12-7-8-25-9-12)17(24)19-11(2)16-20-21-22-23(16)13-3-4-13/h5-9,11,13H,3-4H2,1-2H3,(H,19,24)/t11-/m0/s1. The molecule has 1 amide bonds. The van der Waals surface area contributed by atoms with E-state index in [0.717, 1.165) is 24.1 Å². The molecule has 0 unspecified atom stereocenters. The minimum Gasteiger partial charge on any atom is -0.342 e. The zero-order valence-corrected chi connectivity index (χ0v) is 14.8. The van der Waals surface area contributed by atoms with Crippen LogP contribution < -0.4 is 5.32 Å². The molecule has 25 heavy (non-hydrogen) atoms. The van der Waals surface area contributed by atoms with Crippen molar-refractivity contribution in [2.45, 2.75) is 38.8 Å². The molecule has 1 saturated carbocycles. The van der Waals surface area contributed by atoms with E-state index < -0.39 is 0 Å². The average molecular weight is 354 g/mol. The molecule has 3 aromatic heterocycles. The van der Waals surface area contributed by atoms with Gasteiger partial charge in [0.2, 0.25) is 0 Å². The summed E-state index contributed by atoms with van der Waals surface area (Å²) in [6.45, 7) is 3.74. The number of pyridine rings is 1. The number of aryl methyl sites for hydroxylation is 1. The smallest absolute Gasteiger partial charge is 0.253 e. The minimum absolute atomic E-state index is 0.167. The summed E-state index contributed by atoms with van der Waals surface area (Å²) in [6.07, 6.45) is 2.18. The number of thiophene rings is 1. The Morgan fingerprint density at radius 2 is 2.20 bits per heavy atom.